The number of amides is 1. The van der Waals surface area contributed by atoms with E-state index in [0.29, 0.717) is 5.56 Å². The van der Waals surface area contributed by atoms with E-state index in [-0.39, 0.29) is 11.9 Å². The lowest BCUT2D eigenvalue weighted by Crippen LogP contribution is -2.30. The highest BCUT2D eigenvalue weighted by Gasteiger charge is 2.30. The molecule has 1 aliphatic heterocycles. The van der Waals surface area contributed by atoms with Gasteiger partial charge in [-0.05, 0) is 42.7 Å². The summed E-state index contributed by atoms with van der Waals surface area (Å²) >= 11 is 0. The first-order valence-electron chi connectivity index (χ1n) is 7.99. The highest BCUT2D eigenvalue weighted by Crippen LogP contribution is 2.32. The molecule has 0 radical (unpaired) electrons. The van der Waals surface area contributed by atoms with E-state index in [1.807, 2.05) is 47.5 Å². The molecule has 120 valence electrons. The summed E-state index contributed by atoms with van der Waals surface area (Å²) in [6.45, 7) is 0.773. The summed E-state index contributed by atoms with van der Waals surface area (Å²) in [6.07, 6.45) is 8.84. The Bertz CT molecular complexity index is 832. The first-order chi connectivity index (χ1) is 11.8. The largest absolute Gasteiger partial charge is 0.332 e. The van der Waals surface area contributed by atoms with E-state index in [1.165, 1.54) is 0 Å². The Morgan fingerprint density at radius 1 is 1.12 bits per heavy atom. The summed E-state index contributed by atoms with van der Waals surface area (Å²) in [5, 5.41) is 7.63. The first kappa shape index (κ1) is 14.6. The number of rotatable bonds is 3. The minimum absolute atomic E-state index is 0.0521. The fraction of sp³-hybridized carbons (Fsp3) is 0.222. The molecule has 6 heteroatoms. The van der Waals surface area contributed by atoms with Crippen molar-refractivity contribution in [2.45, 2.75) is 18.9 Å². The molecule has 0 saturated carbocycles. The second-order valence-corrected chi connectivity index (χ2v) is 5.86. The van der Waals surface area contributed by atoms with Crippen LogP contribution in [0.2, 0.25) is 0 Å². The molecule has 0 unspecified atom stereocenters. The number of carbonyl (C=O) groups is 1. The lowest BCUT2D eigenvalue weighted by Gasteiger charge is -2.25. The molecule has 0 N–H and O–H groups in total. The van der Waals surface area contributed by atoms with Crippen LogP contribution in [-0.4, -0.2) is 37.1 Å². The minimum atomic E-state index is 0.0521. The van der Waals surface area contributed by atoms with Crippen molar-refractivity contribution in [1.29, 1.82) is 0 Å². The third-order valence-electron chi connectivity index (χ3n) is 4.39. The van der Waals surface area contributed by atoms with Crippen molar-refractivity contribution in [1.82, 2.24) is 24.6 Å². The minimum Gasteiger partial charge on any atom is -0.332 e. The molecule has 4 rings (SSSR count). The summed E-state index contributed by atoms with van der Waals surface area (Å²) in [7, 11) is 0. The number of hydrogen-bond acceptors (Lipinski definition) is 4. The van der Waals surface area contributed by atoms with E-state index in [1.54, 1.807) is 23.4 Å². The Morgan fingerprint density at radius 3 is 2.79 bits per heavy atom. The van der Waals surface area contributed by atoms with E-state index in [2.05, 4.69) is 15.2 Å². The molecule has 1 fully saturated rings. The SMILES string of the molecule is O=C(c1cccc(-n2cnnc2)c1)N1CCC[C@@H]1c1cccnc1. The zero-order valence-electron chi connectivity index (χ0n) is 13.1. The molecule has 0 bridgehead atoms. The van der Waals surface area contributed by atoms with Crippen LogP contribution in [0.1, 0.15) is 34.8 Å². The molecule has 1 aliphatic rings. The molecule has 2 aromatic heterocycles. The molecule has 0 spiro atoms. The molecule has 24 heavy (non-hydrogen) atoms. The van der Waals surface area contributed by atoms with Gasteiger partial charge in [0.05, 0.1) is 6.04 Å². The van der Waals surface area contributed by atoms with Crippen molar-refractivity contribution in [3.8, 4) is 5.69 Å². The van der Waals surface area contributed by atoms with Crippen molar-refractivity contribution < 1.29 is 4.79 Å². The predicted octanol–water partition coefficient (Wildman–Crippen LogP) is 2.64. The fourth-order valence-electron chi connectivity index (χ4n) is 3.23. The van der Waals surface area contributed by atoms with E-state index >= 15 is 0 Å². The van der Waals surface area contributed by atoms with Crippen molar-refractivity contribution in [3.05, 3.63) is 72.6 Å². The van der Waals surface area contributed by atoms with Gasteiger partial charge < -0.3 is 4.90 Å². The number of hydrogen-bond donors (Lipinski definition) is 0. The molecule has 1 amide bonds. The summed E-state index contributed by atoms with van der Waals surface area (Å²) in [5.74, 6) is 0.0521. The number of likely N-dealkylation sites (tertiary alicyclic amines) is 1. The van der Waals surface area contributed by atoms with Crippen LogP contribution >= 0.6 is 0 Å². The summed E-state index contributed by atoms with van der Waals surface area (Å²) < 4.78 is 1.79. The highest BCUT2D eigenvalue weighted by atomic mass is 16.2. The van der Waals surface area contributed by atoms with Crippen LogP contribution in [0.3, 0.4) is 0 Å². The fourth-order valence-corrected chi connectivity index (χ4v) is 3.23. The standard InChI is InChI=1S/C18H17N5O/c24-18(14-4-1-6-16(10-14)22-12-20-21-13-22)23-9-3-7-17(23)15-5-2-8-19-11-15/h1-2,4-6,8,10-13,17H,3,7,9H2/t17-/m1/s1. The average Bonchev–Trinajstić information content (AvgIpc) is 3.34. The van der Waals surface area contributed by atoms with Crippen LogP contribution in [0.25, 0.3) is 5.69 Å². The quantitative estimate of drug-likeness (QED) is 0.744. The van der Waals surface area contributed by atoms with Gasteiger partial charge in [-0.2, -0.15) is 0 Å². The van der Waals surface area contributed by atoms with Crippen LogP contribution in [0, 0.1) is 0 Å². The van der Waals surface area contributed by atoms with Crippen molar-refractivity contribution in [2.24, 2.45) is 0 Å². The zero-order chi connectivity index (χ0) is 16.4. The van der Waals surface area contributed by atoms with Crippen molar-refractivity contribution in [2.75, 3.05) is 6.54 Å². The van der Waals surface area contributed by atoms with Gasteiger partial charge in [-0.1, -0.05) is 12.1 Å². The van der Waals surface area contributed by atoms with Crippen LogP contribution in [0.15, 0.2) is 61.4 Å². The maximum atomic E-state index is 13.0. The maximum absolute atomic E-state index is 13.0. The molecular formula is C18H17N5O. The van der Waals surface area contributed by atoms with Gasteiger partial charge in [-0.25, -0.2) is 0 Å². The Balaban J connectivity index is 1.62. The van der Waals surface area contributed by atoms with Crippen LogP contribution in [0.5, 0.6) is 0 Å². The van der Waals surface area contributed by atoms with Crippen LogP contribution in [0.4, 0.5) is 0 Å². The van der Waals surface area contributed by atoms with Crippen LogP contribution < -0.4 is 0 Å². The molecule has 1 aromatic carbocycles. The third kappa shape index (κ3) is 2.67. The molecule has 1 atom stereocenters. The van der Waals surface area contributed by atoms with Crippen LogP contribution in [-0.2, 0) is 0 Å². The topological polar surface area (TPSA) is 63.9 Å². The van der Waals surface area contributed by atoms with Gasteiger partial charge in [-0.3, -0.25) is 14.3 Å². The molecule has 0 aliphatic carbocycles. The Kier molecular flexibility index (Phi) is 3.78. The number of pyridine rings is 1. The van der Waals surface area contributed by atoms with Crippen molar-refractivity contribution in [3.63, 3.8) is 0 Å². The van der Waals surface area contributed by atoms with Gasteiger partial charge in [0.1, 0.15) is 12.7 Å². The second-order valence-electron chi connectivity index (χ2n) is 5.86. The van der Waals surface area contributed by atoms with Gasteiger partial charge >= 0.3 is 0 Å². The van der Waals surface area contributed by atoms with Gasteiger partial charge in [-0.15, -0.1) is 10.2 Å². The van der Waals surface area contributed by atoms with Gasteiger partial charge in [0, 0.05) is 30.2 Å². The van der Waals surface area contributed by atoms with Crippen molar-refractivity contribution >= 4 is 5.91 Å². The average molecular weight is 319 g/mol. The lowest BCUT2D eigenvalue weighted by atomic mass is 10.1. The Hall–Kier alpha value is -3.02. The zero-order valence-corrected chi connectivity index (χ0v) is 13.1. The van der Waals surface area contributed by atoms with Gasteiger partial charge in [0.2, 0.25) is 0 Å². The third-order valence-corrected chi connectivity index (χ3v) is 4.39. The van der Waals surface area contributed by atoms with E-state index in [4.69, 9.17) is 0 Å². The molecule has 1 saturated heterocycles. The first-order valence-corrected chi connectivity index (χ1v) is 7.99. The Morgan fingerprint density at radius 2 is 2.00 bits per heavy atom. The monoisotopic (exact) mass is 319 g/mol. The predicted molar refractivity (Wildman–Crippen MR) is 88.6 cm³/mol. The number of nitrogens with zero attached hydrogens (tertiary/aromatic N) is 5. The normalized spacial score (nSPS) is 17.2. The molecule has 3 heterocycles. The lowest BCUT2D eigenvalue weighted by molar-refractivity contribution is 0.0735. The maximum Gasteiger partial charge on any atom is 0.254 e. The van der Waals surface area contributed by atoms with Gasteiger partial charge in [0.15, 0.2) is 0 Å². The number of benzene rings is 1. The highest BCUT2D eigenvalue weighted by molar-refractivity contribution is 5.95. The smallest absolute Gasteiger partial charge is 0.254 e. The summed E-state index contributed by atoms with van der Waals surface area (Å²) in [5.41, 5.74) is 2.65. The van der Waals surface area contributed by atoms with E-state index in [9.17, 15) is 4.79 Å². The second kappa shape index (κ2) is 6.23. The van der Waals surface area contributed by atoms with E-state index < -0.39 is 0 Å². The van der Waals surface area contributed by atoms with Gasteiger partial charge in [0.25, 0.3) is 5.91 Å². The molecule has 3 aromatic rings. The number of carbonyl (C=O) groups excluding carboxylic acids is 1. The van der Waals surface area contributed by atoms with E-state index in [0.717, 1.165) is 30.6 Å². The summed E-state index contributed by atoms with van der Waals surface area (Å²) in [4.78, 5) is 19.2. The summed E-state index contributed by atoms with van der Waals surface area (Å²) in [6, 6.07) is 11.6. The molecule has 6 nitrogen and oxygen atoms in total. The molecular weight excluding hydrogens is 302 g/mol. The number of aromatic nitrogens is 4. The Labute approximate surface area is 139 Å².